The molecule has 3 aromatic heterocycles. The van der Waals surface area contributed by atoms with Crippen LogP contribution in [-0.2, 0) is 5.41 Å². The van der Waals surface area contributed by atoms with Crippen LogP contribution in [0.2, 0.25) is 0 Å². The zero-order chi connectivity index (χ0) is 24.2. The van der Waals surface area contributed by atoms with Gasteiger partial charge in [0.2, 0.25) is 17.6 Å². The van der Waals surface area contributed by atoms with Crippen LogP contribution in [0.4, 0.5) is 8.78 Å². The summed E-state index contributed by atoms with van der Waals surface area (Å²) in [4.78, 5) is 4.24. The van der Waals surface area contributed by atoms with Crippen molar-refractivity contribution in [3.8, 4) is 28.8 Å². The smallest absolute Gasteiger partial charge is 0.334 e. The molecule has 0 fully saturated rings. The van der Waals surface area contributed by atoms with E-state index in [0.29, 0.717) is 17.0 Å². The molecule has 7 rings (SSSR count). The zero-order valence-electron chi connectivity index (χ0n) is 19.4. The Labute approximate surface area is 200 Å². The maximum Gasteiger partial charge on any atom is 0.334 e. The summed E-state index contributed by atoms with van der Waals surface area (Å²) < 4.78 is 35.9. The van der Waals surface area contributed by atoms with Crippen LogP contribution >= 0.6 is 0 Å². The molecule has 8 heteroatoms. The molecular formula is C27H23F2N5O+2. The number of fused-ring (bicyclic) bond motifs is 13. The average Bonchev–Trinajstić information content (AvgIpc) is 3.39. The van der Waals surface area contributed by atoms with Gasteiger partial charge in [-0.1, -0.05) is 20.8 Å². The zero-order valence-corrected chi connectivity index (χ0v) is 19.4. The molecule has 1 N–H and O–H groups in total. The van der Waals surface area contributed by atoms with E-state index in [4.69, 9.17) is 0 Å². The van der Waals surface area contributed by atoms with Gasteiger partial charge < -0.3 is 5.11 Å². The van der Waals surface area contributed by atoms with Crippen LogP contribution in [0.1, 0.15) is 49.9 Å². The van der Waals surface area contributed by atoms with Crippen molar-refractivity contribution >= 4 is 5.70 Å². The Morgan fingerprint density at radius 1 is 1.00 bits per heavy atom. The lowest BCUT2D eigenvalue weighted by atomic mass is 9.81. The molecule has 6 nitrogen and oxygen atoms in total. The molecule has 5 heterocycles. The molecule has 1 aliphatic carbocycles. The fraction of sp³-hybridized carbons (Fsp3) is 0.259. The van der Waals surface area contributed by atoms with Crippen molar-refractivity contribution in [2.45, 2.75) is 44.2 Å². The highest BCUT2D eigenvalue weighted by Gasteiger charge is 2.58. The first-order chi connectivity index (χ1) is 16.7. The van der Waals surface area contributed by atoms with E-state index in [9.17, 15) is 9.50 Å². The summed E-state index contributed by atoms with van der Waals surface area (Å²) in [7, 11) is 0. The van der Waals surface area contributed by atoms with E-state index >= 15 is 4.39 Å². The van der Waals surface area contributed by atoms with E-state index in [-0.39, 0.29) is 29.4 Å². The molecule has 0 spiro atoms. The van der Waals surface area contributed by atoms with Gasteiger partial charge in [0.1, 0.15) is 17.3 Å². The summed E-state index contributed by atoms with van der Waals surface area (Å²) in [6, 6.07) is 11.6. The summed E-state index contributed by atoms with van der Waals surface area (Å²) in [5.74, 6) is -0.936. The maximum atomic E-state index is 15.4. The van der Waals surface area contributed by atoms with Gasteiger partial charge in [0.15, 0.2) is 12.4 Å². The summed E-state index contributed by atoms with van der Waals surface area (Å²) in [6.45, 7) is 6.36. The Bertz CT molecular complexity index is 1600. The van der Waals surface area contributed by atoms with Crippen LogP contribution in [-0.4, -0.2) is 19.9 Å². The van der Waals surface area contributed by atoms with Gasteiger partial charge in [-0.15, -0.1) is 5.10 Å². The minimum Gasteiger partial charge on any atom is -0.478 e. The second-order valence-corrected chi connectivity index (χ2v) is 10.5. The highest BCUT2D eigenvalue weighted by molar-refractivity contribution is 5.71. The lowest BCUT2D eigenvalue weighted by molar-refractivity contribution is -0.799. The fourth-order valence-corrected chi connectivity index (χ4v) is 5.95. The second-order valence-electron chi connectivity index (χ2n) is 10.5. The van der Waals surface area contributed by atoms with Crippen molar-refractivity contribution in [2.24, 2.45) is 0 Å². The highest BCUT2D eigenvalue weighted by atomic mass is 19.1. The number of allylic oxidation sites excluding steroid dienone is 2. The number of rotatable bonds is 0. The van der Waals surface area contributed by atoms with Crippen molar-refractivity contribution in [3.05, 3.63) is 83.7 Å². The van der Waals surface area contributed by atoms with E-state index in [1.165, 1.54) is 6.07 Å². The van der Waals surface area contributed by atoms with Gasteiger partial charge in [-0.05, 0) is 34.8 Å². The third kappa shape index (κ3) is 2.68. The number of aromatic nitrogens is 5. The van der Waals surface area contributed by atoms with Gasteiger partial charge in [-0.3, -0.25) is 0 Å². The Balaban J connectivity index is 1.55. The first kappa shape index (κ1) is 20.4. The van der Waals surface area contributed by atoms with Crippen LogP contribution in [0.15, 0.2) is 60.9 Å². The van der Waals surface area contributed by atoms with Crippen molar-refractivity contribution < 1.29 is 23.0 Å². The lowest BCUT2D eigenvalue weighted by Gasteiger charge is -2.29. The number of aromatic hydroxyl groups is 1. The quantitative estimate of drug-likeness (QED) is 0.391. The number of pyridine rings is 2. The Morgan fingerprint density at radius 3 is 2.63 bits per heavy atom. The Kier molecular flexibility index (Phi) is 3.85. The molecular weight excluding hydrogens is 448 g/mol. The molecule has 0 saturated carbocycles. The van der Waals surface area contributed by atoms with Crippen molar-refractivity contribution in [2.75, 3.05) is 0 Å². The minimum atomic E-state index is -0.596. The predicted octanol–water partition coefficient (Wildman–Crippen LogP) is 4.22. The maximum absolute atomic E-state index is 15.4. The standard InChI is InChI=1S/C27H22F2N5O/c1-27(2,3)14-7-9-33-20(10-14)22-16(11-15(28)12-18(22)29)17-13-21-24(23(17)33)32-8-5-4-6-19(32)25-30-26(35)31-34(21)25/h4-13,17,23-24H,1-3H3/q+1/p+1. The molecule has 35 heavy (non-hydrogen) atoms. The van der Waals surface area contributed by atoms with E-state index in [1.54, 1.807) is 4.68 Å². The molecule has 3 aliphatic rings. The third-order valence-corrected chi connectivity index (χ3v) is 7.48. The molecule has 1 aromatic carbocycles. The van der Waals surface area contributed by atoms with Gasteiger partial charge in [0, 0.05) is 30.3 Å². The van der Waals surface area contributed by atoms with Crippen molar-refractivity contribution in [1.29, 1.82) is 0 Å². The van der Waals surface area contributed by atoms with Crippen LogP contribution in [0.25, 0.3) is 28.5 Å². The predicted molar refractivity (Wildman–Crippen MR) is 123 cm³/mol. The molecule has 3 atom stereocenters. The van der Waals surface area contributed by atoms with Gasteiger partial charge in [-0.2, -0.15) is 14.1 Å². The van der Waals surface area contributed by atoms with E-state index in [2.05, 4.69) is 46.1 Å². The molecule has 4 aromatic rings. The summed E-state index contributed by atoms with van der Waals surface area (Å²) in [6.07, 6.45) is 6.02. The largest absolute Gasteiger partial charge is 0.478 e. The number of hydrogen-bond acceptors (Lipinski definition) is 3. The lowest BCUT2D eigenvalue weighted by Crippen LogP contribution is -2.57. The highest BCUT2D eigenvalue weighted by Crippen LogP contribution is 2.53. The summed E-state index contributed by atoms with van der Waals surface area (Å²) >= 11 is 0. The Morgan fingerprint density at radius 2 is 1.83 bits per heavy atom. The van der Waals surface area contributed by atoms with Crippen LogP contribution < -0.4 is 9.13 Å². The van der Waals surface area contributed by atoms with E-state index in [0.717, 1.165) is 28.7 Å². The SMILES string of the molecule is CC(C)(C)c1cc[n+]2c(c1)-c1c(F)cc(F)cc1C1C=C3C(C12)[n+]1ccccc1-c1nc(O)nn13. The van der Waals surface area contributed by atoms with Gasteiger partial charge >= 0.3 is 6.01 Å². The normalized spacial score (nSPS) is 21.3. The third-order valence-electron chi connectivity index (χ3n) is 7.48. The fourth-order valence-electron chi connectivity index (χ4n) is 5.95. The van der Waals surface area contributed by atoms with E-state index < -0.39 is 11.6 Å². The summed E-state index contributed by atoms with van der Waals surface area (Å²) in [5, 5.41) is 14.4. The minimum absolute atomic E-state index is 0.137. The van der Waals surface area contributed by atoms with Crippen LogP contribution in [0.3, 0.4) is 0 Å². The number of nitrogens with zero attached hydrogens (tertiary/aromatic N) is 5. The average molecular weight is 472 g/mol. The number of halogens is 2. The van der Waals surface area contributed by atoms with Crippen molar-refractivity contribution in [3.63, 3.8) is 0 Å². The van der Waals surface area contributed by atoms with E-state index in [1.807, 2.05) is 42.7 Å². The molecule has 174 valence electrons. The Hall–Kier alpha value is -3.94. The summed E-state index contributed by atoms with van der Waals surface area (Å²) in [5.41, 5.74) is 4.34. The van der Waals surface area contributed by atoms with Gasteiger partial charge in [-0.25, -0.2) is 13.5 Å². The first-order valence-corrected chi connectivity index (χ1v) is 11.7. The van der Waals surface area contributed by atoms with Crippen LogP contribution in [0.5, 0.6) is 6.01 Å². The first-order valence-electron chi connectivity index (χ1n) is 11.7. The van der Waals surface area contributed by atoms with Crippen LogP contribution in [0, 0.1) is 11.6 Å². The molecule has 3 unspecified atom stereocenters. The number of benzene rings is 1. The number of hydrogen-bond donors (Lipinski definition) is 1. The molecule has 0 saturated heterocycles. The molecule has 0 bridgehead atoms. The second kappa shape index (κ2) is 6.59. The molecule has 2 aliphatic heterocycles. The van der Waals surface area contributed by atoms with Gasteiger partial charge in [0.25, 0.3) is 11.7 Å². The topological polar surface area (TPSA) is 58.7 Å². The molecule has 0 amide bonds. The van der Waals surface area contributed by atoms with Gasteiger partial charge in [0.05, 0.1) is 11.5 Å². The van der Waals surface area contributed by atoms with Crippen molar-refractivity contribution in [1.82, 2.24) is 14.8 Å². The molecule has 0 radical (unpaired) electrons. The monoisotopic (exact) mass is 471 g/mol.